The van der Waals surface area contributed by atoms with Crippen LogP contribution in [-0.2, 0) is 0 Å². The summed E-state index contributed by atoms with van der Waals surface area (Å²) >= 11 is 2.26. The maximum absolute atomic E-state index is 4.64. The molecule has 4 rings (SSSR count). The standard InChI is InChI=1S/C14H18IN5/c1-10-2-3-14(6-10)4-5-19(8-14)13-16-7-11(15)12-18-17-9-20(12)13/h7,9-10H,2-6,8H2,1H3/t10-,14?/m1/s1. The Bertz CT molecular complexity index is 654. The van der Waals surface area contributed by atoms with Gasteiger partial charge in [0.05, 0.1) is 3.57 Å². The fraction of sp³-hybridized carbons (Fsp3) is 0.643. The van der Waals surface area contributed by atoms with Crippen LogP contribution in [0, 0.1) is 14.9 Å². The van der Waals surface area contributed by atoms with Crippen LogP contribution in [0.15, 0.2) is 12.5 Å². The van der Waals surface area contributed by atoms with Gasteiger partial charge in [-0.3, -0.25) is 4.40 Å². The minimum absolute atomic E-state index is 0.532. The van der Waals surface area contributed by atoms with Gasteiger partial charge in [-0.15, -0.1) is 10.2 Å². The Hall–Kier alpha value is -0.920. The maximum Gasteiger partial charge on any atom is 0.212 e. The van der Waals surface area contributed by atoms with Crippen molar-refractivity contribution in [1.82, 2.24) is 19.6 Å². The van der Waals surface area contributed by atoms with Crippen molar-refractivity contribution in [2.45, 2.75) is 32.6 Å². The van der Waals surface area contributed by atoms with Crippen molar-refractivity contribution in [3.05, 3.63) is 16.1 Å². The van der Waals surface area contributed by atoms with Crippen molar-refractivity contribution >= 4 is 34.2 Å². The number of nitrogens with zero attached hydrogens (tertiary/aromatic N) is 5. The van der Waals surface area contributed by atoms with Gasteiger partial charge in [-0.25, -0.2) is 4.98 Å². The molecule has 2 aromatic heterocycles. The van der Waals surface area contributed by atoms with Crippen LogP contribution < -0.4 is 4.90 Å². The molecule has 0 N–H and O–H groups in total. The first kappa shape index (κ1) is 12.8. The summed E-state index contributed by atoms with van der Waals surface area (Å²) in [5.41, 5.74) is 1.45. The molecule has 5 nitrogen and oxygen atoms in total. The highest BCUT2D eigenvalue weighted by molar-refractivity contribution is 14.1. The van der Waals surface area contributed by atoms with Gasteiger partial charge in [0.1, 0.15) is 6.33 Å². The highest BCUT2D eigenvalue weighted by Crippen LogP contribution is 2.48. The molecule has 0 amide bonds. The lowest BCUT2D eigenvalue weighted by molar-refractivity contribution is 0.327. The van der Waals surface area contributed by atoms with Crippen LogP contribution in [0.3, 0.4) is 0 Å². The molecule has 1 saturated carbocycles. The normalized spacial score (nSPS) is 29.9. The molecule has 0 aromatic carbocycles. The van der Waals surface area contributed by atoms with Crippen LogP contribution in [0.1, 0.15) is 32.6 Å². The number of halogens is 1. The van der Waals surface area contributed by atoms with Gasteiger partial charge in [-0.1, -0.05) is 13.3 Å². The molecule has 1 saturated heterocycles. The highest BCUT2D eigenvalue weighted by atomic mass is 127. The lowest BCUT2D eigenvalue weighted by Gasteiger charge is -2.24. The predicted molar refractivity (Wildman–Crippen MR) is 85.8 cm³/mol. The molecule has 2 aromatic rings. The molecule has 2 atom stereocenters. The topological polar surface area (TPSA) is 46.3 Å². The van der Waals surface area contributed by atoms with Crippen molar-refractivity contribution in [3.63, 3.8) is 0 Å². The van der Waals surface area contributed by atoms with Gasteiger partial charge >= 0.3 is 0 Å². The highest BCUT2D eigenvalue weighted by Gasteiger charge is 2.43. The van der Waals surface area contributed by atoms with E-state index in [1.807, 2.05) is 10.6 Å². The average molecular weight is 383 g/mol. The summed E-state index contributed by atoms with van der Waals surface area (Å²) in [6, 6.07) is 0. The number of anilines is 1. The zero-order valence-corrected chi connectivity index (χ0v) is 13.7. The molecule has 3 heterocycles. The third-order valence-electron chi connectivity index (χ3n) is 4.94. The lowest BCUT2D eigenvalue weighted by atomic mass is 9.85. The van der Waals surface area contributed by atoms with E-state index in [1.54, 1.807) is 6.33 Å². The summed E-state index contributed by atoms with van der Waals surface area (Å²) in [6.07, 6.45) is 9.12. The third kappa shape index (κ3) is 1.91. The average Bonchev–Trinajstić information content (AvgIpc) is 3.12. The number of rotatable bonds is 1. The Morgan fingerprint density at radius 3 is 3.10 bits per heavy atom. The Morgan fingerprint density at radius 2 is 2.30 bits per heavy atom. The van der Waals surface area contributed by atoms with E-state index in [4.69, 9.17) is 0 Å². The fourth-order valence-corrected chi connectivity index (χ4v) is 4.49. The smallest absolute Gasteiger partial charge is 0.212 e. The summed E-state index contributed by atoms with van der Waals surface area (Å²) in [5.74, 6) is 1.89. The van der Waals surface area contributed by atoms with E-state index in [0.29, 0.717) is 5.41 Å². The van der Waals surface area contributed by atoms with Crippen molar-refractivity contribution in [3.8, 4) is 0 Å². The molecular weight excluding hydrogens is 365 g/mol. The van der Waals surface area contributed by atoms with E-state index in [2.05, 4.69) is 49.6 Å². The third-order valence-corrected chi connectivity index (χ3v) is 5.70. The zero-order valence-electron chi connectivity index (χ0n) is 11.6. The summed E-state index contributed by atoms with van der Waals surface area (Å²) in [4.78, 5) is 7.06. The second-order valence-corrected chi connectivity index (χ2v) is 7.61. The largest absolute Gasteiger partial charge is 0.341 e. The molecule has 0 radical (unpaired) electrons. The Kier molecular flexibility index (Phi) is 2.90. The fourth-order valence-electron chi connectivity index (χ4n) is 3.98. The molecule has 0 bridgehead atoms. The van der Waals surface area contributed by atoms with Gasteiger partial charge in [0.25, 0.3) is 0 Å². The van der Waals surface area contributed by atoms with Crippen molar-refractivity contribution < 1.29 is 0 Å². The summed E-state index contributed by atoms with van der Waals surface area (Å²) < 4.78 is 3.08. The van der Waals surface area contributed by atoms with Crippen molar-refractivity contribution in [1.29, 1.82) is 0 Å². The van der Waals surface area contributed by atoms with Gasteiger partial charge in [0.2, 0.25) is 5.95 Å². The SMILES string of the molecule is C[C@@H]1CCC2(CCN(c3ncc(I)c4nncn34)C2)C1. The molecular formula is C14H18IN5. The molecule has 106 valence electrons. The molecule has 1 unspecified atom stereocenters. The van der Waals surface area contributed by atoms with Crippen LogP contribution in [-0.4, -0.2) is 32.7 Å². The number of fused-ring (bicyclic) bond motifs is 1. The first-order valence-electron chi connectivity index (χ1n) is 7.26. The molecule has 2 aliphatic rings. The van der Waals surface area contributed by atoms with E-state index >= 15 is 0 Å². The van der Waals surface area contributed by atoms with Gasteiger partial charge in [-0.05, 0) is 53.2 Å². The van der Waals surface area contributed by atoms with Crippen molar-refractivity contribution in [2.75, 3.05) is 18.0 Å². The van der Waals surface area contributed by atoms with Crippen LogP contribution >= 0.6 is 22.6 Å². The van der Waals surface area contributed by atoms with E-state index in [0.717, 1.165) is 34.2 Å². The molecule has 1 aliphatic carbocycles. The molecule has 1 spiro atoms. The Morgan fingerprint density at radius 1 is 1.40 bits per heavy atom. The van der Waals surface area contributed by atoms with Gasteiger partial charge in [0.15, 0.2) is 5.65 Å². The summed E-state index contributed by atoms with van der Waals surface area (Å²) in [7, 11) is 0. The van der Waals surface area contributed by atoms with Gasteiger partial charge < -0.3 is 4.90 Å². The first-order chi connectivity index (χ1) is 9.67. The summed E-state index contributed by atoms with van der Waals surface area (Å²) in [5, 5.41) is 8.23. The maximum atomic E-state index is 4.64. The predicted octanol–water partition coefficient (Wildman–Crippen LogP) is 2.75. The van der Waals surface area contributed by atoms with Gasteiger partial charge in [-0.2, -0.15) is 0 Å². The minimum Gasteiger partial charge on any atom is -0.341 e. The molecule has 2 fully saturated rings. The Balaban J connectivity index is 1.68. The second-order valence-electron chi connectivity index (χ2n) is 6.45. The summed E-state index contributed by atoms with van der Waals surface area (Å²) in [6.45, 7) is 4.63. The van der Waals surface area contributed by atoms with Crippen LogP contribution in [0.5, 0.6) is 0 Å². The lowest BCUT2D eigenvalue weighted by Crippen LogP contribution is -2.27. The first-order valence-corrected chi connectivity index (χ1v) is 8.34. The van der Waals surface area contributed by atoms with Crippen LogP contribution in [0.2, 0.25) is 0 Å². The quantitative estimate of drug-likeness (QED) is 0.711. The van der Waals surface area contributed by atoms with Crippen LogP contribution in [0.25, 0.3) is 5.65 Å². The van der Waals surface area contributed by atoms with Crippen molar-refractivity contribution in [2.24, 2.45) is 11.3 Å². The number of hydrogen-bond donors (Lipinski definition) is 0. The molecule has 6 heteroatoms. The Labute approximate surface area is 131 Å². The van der Waals surface area contributed by atoms with Crippen LogP contribution in [0.4, 0.5) is 5.95 Å². The zero-order chi connectivity index (χ0) is 13.7. The second kappa shape index (κ2) is 4.54. The van der Waals surface area contributed by atoms with E-state index in [1.165, 1.54) is 25.7 Å². The van der Waals surface area contributed by atoms with Gasteiger partial charge in [0, 0.05) is 19.3 Å². The van der Waals surface area contributed by atoms with E-state index < -0.39 is 0 Å². The number of hydrogen-bond acceptors (Lipinski definition) is 4. The minimum atomic E-state index is 0.532. The number of aromatic nitrogens is 4. The molecule has 20 heavy (non-hydrogen) atoms. The van der Waals surface area contributed by atoms with E-state index in [-0.39, 0.29) is 0 Å². The monoisotopic (exact) mass is 383 g/mol. The van der Waals surface area contributed by atoms with E-state index in [9.17, 15) is 0 Å². The molecule has 1 aliphatic heterocycles.